The van der Waals surface area contributed by atoms with Gasteiger partial charge in [-0.1, -0.05) is 34.1 Å². The first-order chi connectivity index (χ1) is 10.6. The van der Waals surface area contributed by atoms with Crippen molar-refractivity contribution in [3.8, 4) is 11.1 Å². The Hall–Kier alpha value is -2.18. The molecular weight excluding hydrogens is 350 g/mol. The molecule has 0 fully saturated rings. The molecule has 0 aliphatic heterocycles. The molecule has 2 aromatic carbocycles. The van der Waals surface area contributed by atoms with E-state index in [9.17, 15) is 10.1 Å². The summed E-state index contributed by atoms with van der Waals surface area (Å²) in [6, 6.07) is 12.6. The lowest BCUT2D eigenvalue weighted by Crippen LogP contribution is -1.90. The second-order valence-corrected chi connectivity index (χ2v) is 5.77. The maximum Gasteiger partial charge on any atom is 0.442 e. The normalized spacial score (nSPS) is 11.0. The molecule has 0 unspecified atom stereocenters. The van der Waals surface area contributed by atoms with E-state index >= 15 is 0 Å². The third-order valence-corrected chi connectivity index (χ3v) is 3.96. The largest absolute Gasteiger partial charge is 0.442 e. The molecule has 1 heterocycles. The summed E-state index contributed by atoms with van der Waals surface area (Å²) < 4.78 is 6.30. The first-order valence-electron chi connectivity index (χ1n) is 6.67. The highest BCUT2D eigenvalue weighted by Crippen LogP contribution is 2.40. The highest BCUT2D eigenvalue weighted by Gasteiger charge is 2.25. The first-order valence-corrected chi connectivity index (χ1v) is 7.46. The molecule has 112 valence electrons. The van der Waals surface area contributed by atoms with E-state index in [1.807, 2.05) is 18.2 Å². The van der Waals surface area contributed by atoms with Crippen molar-refractivity contribution < 1.29 is 14.4 Å². The number of benzene rings is 2. The van der Waals surface area contributed by atoms with Crippen molar-refractivity contribution in [1.29, 1.82) is 0 Å². The van der Waals surface area contributed by atoms with Gasteiger partial charge in [-0.25, -0.2) is 0 Å². The molecule has 0 bridgehead atoms. The van der Waals surface area contributed by atoms with Crippen LogP contribution in [0.4, 0.5) is 5.88 Å². The fourth-order valence-electron chi connectivity index (χ4n) is 2.44. The van der Waals surface area contributed by atoms with Gasteiger partial charge in [0, 0.05) is 16.5 Å². The summed E-state index contributed by atoms with van der Waals surface area (Å²) in [6.07, 6.45) is 0.495. The van der Waals surface area contributed by atoms with Gasteiger partial charge < -0.3 is 9.52 Å². The number of nitro groups is 1. The number of halogens is 1. The molecule has 3 rings (SSSR count). The van der Waals surface area contributed by atoms with Crippen molar-refractivity contribution in [2.45, 2.75) is 6.42 Å². The van der Waals surface area contributed by atoms with Crippen LogP contribution >= 0.6 is 15.9 Å². The molecule has 1 aromatic heterocycles. The zero-order valence-corrected chi connectivity index (χ0v) is 13.0. The van der Waals surface area contributed by atoms with Crippen molar-refractivity contribution in [2.75, 3.05) is 6.61 Å². The molecule has 0 saturated carbocycles. The van der Waals surface area contributed by atoms with E-state index < -0.39 is 4.92 Å². The second-order valence-electron chi connectivity index (χ2n) is 4.85. The molecule has 1 N–H and O–H groups in total. The molecule has 0 atom stereocenters. The fourth-order valence-corrected chi connectivity index (χ4v) is 2.70. The highest BCUT2D eigenvalue weighted by atomic mass is 79.9. The Morgan fingerprint density at radius 2 is 1.91 bits per heavy atom. The quantitative estimate of drug-likeness (QED) is 0.554. The molecule has 0 aliphatic rings. The smallest absolute Gasteiger partial charge is 0.400 e. The van der Waals surface area contributed by atoms with Crippen LogP contribution in [-0.2, 0) is 6.42 Å². The summed E-state index contributed by atoms with van der Waals surface area (Å²) in [7, 11) is 0. The summed E-state index contributed by atoms with van der Waals surface area (Å²) >= 11 is 3.35. The zero-order valence-electron chi connectivity index (χ0n) is 11.5. The number of hydrogen-bond acceptors (Lipinski definition) is 4. The number of rotatable bonds is 4. The Balaban J connectivity index is 2.27. The third-order valence-electron chi connectivity index (χ3n) is 3.43. The number of aliphatic hydroxyl groups excluding tert-OH is 1. The number of hydrogen-bond donors (Lipinski definition) is 1. The summed E-state index contributed by atoms with van der Waals surface area (Å²) in [5.41, 5.74) is 2.55. The molecule has 6 heteroatoms. The van der Waals surface area contributed by atoms with Crippen LogP contribution in [0.5, 0.6) is 0 Å². The minimum atomic E-state index is -0.511. The predicted octanol–water partition coefficient (Wildman–Crippen LogP) is 4.31. The number of nitrogens with zero attached hydrogens (tertiary/aromatic N) is 1. The van der Waals surface area contributed by atoms with Crippen molar-refractivity contribution in [3.63, 3.8) is 0 Å². The van der Waals surface area contributed by atoms with Crippen LogP contribution in [0.25, 0.3) is 22.1 Å². The Kier molecular flexibility index (Phi) is 3.96. The summed E-state index contributed by atoms with van der Waals surface area (Å²) in [5.74, 6) is -0.265. The lowest BCUT2D eigenvalue weighted by Gasteiger charge is -2.01. The minimum Gasteiger partial charge on any atom is -0.400 e. The van der Waals surface area contributed by atoms with E-state index in [-0.39, 0.29) is 12.5 Å². The van der Waals surface area contributed by atoms with Crippen molar-refractivity contribution in [1.82, 2.24) is 0 Å². The van der Waals surface area contributed by atoms with E-state index in [0.717, 1.165) is 15.6 Å². The van der Waals surface area contributed by atoms with Gasteiger partial charge in [-0.3, -0.25) is 10.1 Å². The standard InChI is InChI=1S/C16H12BrNO4/c17-12-4-2-11(3-5-12)15-13-9-10(7-8-19)1-6-14(13)22-16(15)18(20)21/h1-6,9,19H,7-8H2. The van der Waals surface area contributed by atoms with Gasteiger partial charge in [0.05, 0.1) is 0 Å². The van der Waals surface area contributed by atoms with Gasteiger partial charge in [-0.2, -0.15) is 0 Å². The lowest BCUT2D eigenvalue weighted by molar-refractivity contribution is -0.400. The number of aliphatic hydroxyl groups is 1. The molecule has 0 aliphatic carbocycles. The maximum atomic E-state index is 11.3. The second kappa shape index (κ2) is 5.90. The van der Waals surface area contributed by atoms with Gasteiger partial charge in [-0.15, -0.1) is 0 Å². The Labute approximate surface area is 134 Å². The Morgan fingerprint density at radius 1 is 1.18 bits per heavy atom. The Bertz CT molecular complexity index is 839. The molecule has 0 spiro atoms. The summed E-state index contributed by atoms with van der Waals surface area (Å²) in [6.45, 7) is 0.0269. The third kappa shape index (κ3) is 2.63. The molecule has 3 aromatic rings. The minimum absolute atomic E-state index is 0.0269. The molecule has 5 nitrogen and oxygen atoms in total. The monoisotopic (exact) mass is 361 g/mol. The number of fused-ring (bicyclic) bond motifs is 1. The van der Waals surface area contributed by atoms with E-state index in [1.54, 1.807) is 24.3 Å². The molecule has 22 heavy (non-hydrogen) atoms. The molecule has 0 radical (unpaired) electrons. The van der Waals surface area contributed by atoms with Crippen LogP contribution in [-0.4, -0.2) is 16.6 Å². The number of furan rings is 1. The van der Waals surface area contributed by atoms with Gasteiger partial charge in [-0.05, 0) is 41.8 Å². The van der Waals surface area contributed by atoms with E-state index in [0.29, 0.717) is 23.0 Å². The molecule has 0 amide bonds. The summed E-state index contributed by atoms with van der Waals surface area (Å²) in [4.78, 5) is 10.8. The Morgan fingerprint density at radius 3 is 2.55 bits per heavy atom. The van der Waals surface area contributed by atoms with Gasteiger partial charge >= 0.3 is 5.88 Å². The van der Waals surface area contributed by atoms with Crippen LogP contribution in [0.3, 0.4) is 0 Å². The van der Waals surface area contributed by atoms with Crippen LogP contribution in [0.1, 0.15) is 5.56 Å². The van der Waals surface area contributed by atoms with Crippen LogP contribution in [0.2, 0.25) is 0 Å². The van der Waals surface area contributed by atoms with Crippen LogP contribution in [0, 0.1) is 10.1 Å². The average Bonchev–Trinajstić information content (AvgIpc) is 2.87. The topological polar surface area (TPSA) is 76.5 Å². The average molecular weight is 362 g/mol. The zero-order chi connectivity index (χ0) is 15.7. The first kappa shape index (κ1) is 14.7. The summed E-state index contributed by atoms with van der Waals surface area (Å²) in [5, 5.41) is 21.1. The van der Waals surface area contributed by atoms with Crippen molar-refractivity contribution in [2.24, 2.45) is 0 Å². The maximum absolute atomic E-state index is 11.3. The van der Waals surface area contributed by atoms with Gasteiger partial charge in [0.1, 0.15) is 16.1 Å². The van der Waals surface area contributed by atoms with Crippen LogP contribution < -0.4 is 0 Å². The molecule has 0 saturated heterocycles. The fraction of sp³-hybridized carbons (Fsp3) is 0.125. The van der Waals surface area contributed by atoms with Crippen molar-refractivity contribution >= 4 is 32.8 Å². The highest BCUT2D eigenvalue weighted by molar-refractivity contribution is 9.10. The predicted molar refractivity (Wildman–Crippen MR) is 86.8 cm³/mol. The SMILES string of the molecule is O=[N+]([O-])c1oc2ccc(CCO)cc2c1-c1ccc(Br)cc1. The molecular formula is C16H12BrNO4. The van der Waals surface area contributed by atoms with E-state index in [4.69, 9.17) is 9.52 Å². The van der Waals surface area contributed by atoms with Gasteiger partial charge in [0.15, 0.2) is 0 Å². The van der Waals surface area contributed by atoms with Gasteiger partial charge in [0.25, 0.3) is 0 Å². The van der Waals surface area contributed by atoms with Crippen LogP contribution in [0.15, 0.2) is 51.4 Å². The van der Waals surface area contributed by atoms with Crippen molar-refractivity contribution in [3.05, 3.63) is 62.6 Å². The van der Waals surface area contributed by atoms with E-state index in [1.165, 1.54) is 0 Å². The van der Waals surface area contributed by atoms with Gasteiger partial charge in [0.2, 0.25) is 0 Å². The van der Waals surface area contributed by atoms with E-state index in [2.05, 4.69) is 15.9 Å². The lowest BCUT2D eigenvalue weighted by atomic mass is 10.0.